The molecule has 1 heterocycles. The standard InChI is InChI=1S/C14H20N2O3/c1-4-16(7-8-19-3)10-5-6-11-12(9-10)15(2)14(18)13(11)17/h5-6,9,13,17H,4,7-8H2,1-3H3. The number of benzene rings is 1. The van der Waals surface area contributed by atoms with E-state index >= 15 is 0 Å². The lowest BCUT2D eigenvalue weighted by Crippen LogP contribution is -2.27. The molecule has 0 saturated carbocycles. The number of fused-ring (bicyclic) bond motifs is 1. The highest BCUT2D eigenvalue weighted by Crippen LogP contribution is 2.37. The van der Waals surface area contributed by atoms with Gasteiger partial charge in [-0.2, -0.15) is 0 Å². The number of ether oxygens (including phenoxy) is 1. The van der Waals surface area contributed by atoms with Crippen molar-refractivity contribution < 1.29 is 14.6 Å². The number of anilines is 2. The molecule has 5 nitrogen and oxygen atoms in total. The van der Waals surface area contributed by atoms with Crippen LogP contribution in [0.1, 0.15) is 18.6 Å². The first-order chi connectivity index (χ1) is 9.10. The molecule has 0 aromatic heterocycles. The molecule has 0 saturated heterocycles. The van der Waals surface area contributed by atoms with Crippen LogP contribution >= 0.6 is 0 Å². The summed E-state index contributed by atoms with van der Waals surface area (Å²) in [6.07, 6.45) is -1.02. The second-order valence-electron chi connectivity index (χ2n) is 4.62. The van der Waals surface area contributed by atoms with E-state index in [-0.39, 0.29) is 5.91 Å². The highest BCUT2D eigenvalue weighted by molar-refractivity contribution is 6.03. The maximum absolute atomic E-state index is 11.7. The van der Waals surface area contributed by atoms with Crippen LogP contribution in [0.2, 0.25) is 0 Å². The first kappa shape index (κ1) is 13.8. The lowest BCUT2D eigenvalue weighted by molar-refractivity contribution is -0.125. The number of carbonyl (C=O) groups is 1. The average molecular weight is 264 g/mol. The summed E-state index contributed by atoms with van der Waals surface area (Å²) in [5.74, 6) is -0.271. The van der Waals surface area contributed by atoms with Gasteiger partial charge in [-0.1, -0.05) is 6.07 Å². The zero-order valence-electron chi connectivity index (χ0n) is 11.6. The largest absolute Gasteiger partial charge is 0.383 e. The zero-order valence-corrected chi connectivity index (χ0v) is 11.6. The van der Waals surface area contributed by atoms with E-state index in [2.05, 4.69) is 11.8 Å². The number of methoxy groups -OCH3 is 1. The Morgan fingerprint density at radius 2 is 2.21 bits per heavy atom. The topological polar surface area (TPSA) is 53.0 Å². The normalized spacial score (nSPS) is 17.8. The van der Waals surface area contributed by atoms with Crippen molar-refractivity contribution >= 4 is 17.3 Å². The number of aliphatic hydroxyl groups excluding tert-OH is 1. The molecule has 1 amide bonds. The molecule has 1 atom stereocenters. The van der Waals surface area contributed by atoms with Crippen molar-refractivity contribution in [2.75, 3.05) is 43.7 Å². The van der Waals surface area contributed by atoms with Gasteiger partial charge in [0.2, 0.25) is 0 Å². The van der Waals surface area contributed by atoms with Crippen LogP contribution in [0.3, 0.4) is 0 Å². The fraction of sp³-hybridized carbons (Fsp3) is 0.500. The molecular weight excluding hydrogens is 244 g/mol. The Kier molecular flexibility index (Phi) is 4.07. The van der Waals surface area contributed by atoms with Crippen molar-refractivity contribution in [2.45, 2.75) is 13.0 Å². The summed E-state index contributed by atoms with van der Waals surface area (Å²) in [7, 11) is 3.37. The molecule has 5 heteroatoms. The van der Waals surface area contributed by atoms with Gasteiger partial charge < -0.3 is 19.6 Å². The average Bonchev–Trinajstić information content (AvgIpc) is 2.65. The monoisotopic (exact) mass is 264 g/mol. The fourth-order valence-corrected chi connectivity index (χ4v) is 2.36. The summed E-state index contributed by atoms with van der Waals surface area (Å²) in [5, 5.41) is 9.82. The molecule has 19 heavy (non-hydrogen) atoms. The Labute approximate surface area is 113 Å². The number of amides is 1. The van der Waals surface area contributed by atoms with Crippen LogP contribution in [-0.4, -0.2) is 44.9 Å². The van der Waals surface area contributed by atoms with Crippen LogP contribution in [-0.2, 0) is 9.53 Å². The summed E-state index contributed by atoms with van der Waals surface area (Å²) in [6.45, 7) is 4.39. The number of rotatable bonds is 5. The summed E-state index contributed by atoms with van der Waals surface area (Å²) in [6, 6.07) is 5.71. The molecule has 0 fully saturated rings. The predicted molar refractivity (Wildman–Crippen MR) is 74.6 cm³/mol. The second-order valence-corrected chi connectivity index (χ2v) is 4.62. The van der Waals surface area contributed by atoms with E-state index in [1.807, 2.05) is 18.2 Å². The molecule has 0 aliphatic carbocycles. The van der Waals surface area contributed by atoms with E-state index in [1.54, 1.807) is 14.2 Å². The second kappa shape index (κ2) is 5.59. The van der Waals surface area contributed by atoms with Gasteiger partial charge >= 0.3 is 0 Å². The van der Waals surface area contributed by atoms with Crippen LogP contribution < -0.4 is 9.80 Å². The molecule has 0 radical (unpaired) electrons. The van der Waals surface area contributed by atoms with Crippen LogP contribution in [0.25, 0.3) is 0 Å². The minimum absolute atomic E-state index is 0.271. The van der Waals surface area contributed by atoms with Crippen molar-refractivity contribution in [2.24, 2.45) is 0 Å². The third kappa shape index (κ3) is 2.43. The van der Waals surface area contributed by atoms with Gasteiger partial charge in [-0.05, 0) is 19.1 Å². The van der Waals surface area contributed by atoms with Gasteiger partial charge in [0.15, 0.2) is 6.10 Å². The van der Waals surface area contributed by atoms with Crippen LogP contribution in [0.15, 0.2) is 18.2 Å². The smallest absolute Gasteiger partial charge is 0.260 e. The lowest BCUT2D eigenvalue weighted by Gasteiger charge is -2.24. The zero-order chi connectivity index (χ0) is 14.0. The Hall–Kier alpha value is -1.59. The summed E-state index contributed by atoms with van der Waals surface area (Å²) in [5.41, 5.74) is 2.50. The van der Waals surface area contributed by atoms with Gasteiger partial charge in [-0.25, -0.2) is 0 Å². The van der Waals surface area contributed by atoms with E-state index in [4.69, 9.17) is 4.74 Å². The molecule has 1 aliphatic rings. The number of carbonyl (C=O) groups excluding carboxylic acids is 1. The van der Waals surface area contributed by atoms with E-state index in [0.29, 0.717) is 12.2 Å². The van der Waals surface area contributed by atoms with E-state index in [0.717, 1.165) is 24.5 Å². The molecule has 2 rings (SSSR count). The lowest BCUT2D eigenvalue weighted by atomic mass is 10.1. The molecule has 0 bridgehead atoms. The molecule has 1 aromatic carbocycles. The molecule has 1 aliphatic heterocycles. The van der Waals surface area contributed by atoms with Crippen LogP contribution in [0, 0.1) is 0 Å². The Morgan fingerprint density at radius 3 is 2.84 bits per heavy atom. The molecule has 0 spiro atoms. The number of likely N-dealkylation sites (N-methyl/N-ethyl adjacent to an activating group) is 2. The van der Waals surface area contributed by atoms with Crippen molar-refractivity contribution in [3.05, 3.63) is 23.8 Å². The maximum atomic E-state index is 11.7. The summed E-state index contributed by atoms with van der Waals surface area (Å²) >= 11 is 0. The van der Waals surface area contributed by atoms with Crippen molar-refractivity contribution in [3.63, 3.8) is 0 Å². The van der Waals surface area contributed by atoms with E-state index in [1.165, 1.54) is 4.90 Å². The number of hydrogen-bond acceptors (Lipinski definition) is 4. The molecular formula is C14H20N2O3. The van der Waals surface area contributed by atoms with E-state index < -0.39 is 6.10 Å². The van der Waals surface area contributed by atoms with Crippen LogP contribution in [0.5, 0.6) is 0 Å². The van der Waals surface area contributed by atoms with Gasteiger partial charge in [-0.15, -0.1) is 0 Å². The minimum atomic E-state index is -1.02. The molecule has 104 valence electrons. The highest BCUT2D eigenvalue weighted by Gasteiger charge is 2.33. The number of hydrogen-bond donors (Lipinski definition) is 1. The molecule has 1 unspecified atom stereocenters. The summed E-state index contributed by atoms with van der Waals surface area (Å²) in [4.78, 5) is 15.4. The first-order valence-corrected chi connectivity index (χ1v) is 6.43. The van der Waals surface area contributed by atoms with Gasteiger partial charge in [0, 0.05) is 38.5 Å². The number of nitrogens with zero attached hydrogens (tertiary/aromatic N) is 2. The van der Waals surface area contributed by atoms with E-state index in [9.17, 15) is 9.90 Å². The van der Waals surface area contributed by atoms with Gasteiger partial charge in [-0.3, -0.25) is 4.79 Å². The van der Waals surface area contributed by atoms with Crippen molar-refractivity contribution in [3.8, 4) is 0 Å². The van der Waals surface area contributed by atoms with Gasteiger partial charge in [0.25, 0.3) is 5.91 Å². The molecule has 1 N–H and O–H groups in total. The number of aliphatic hydroxyl groups is 1. The third-order valence-corrected chi connectivity index (χ3v) is 3.55. The maximum Gasteiger partial charge on any atom is 0.260 e. The quantitative estimate of drug-likeness (QED) is 0.867. The van der Waals surface area contributed by atoms with Crippen molar-refractivity contribution in [1.82, 2.24) is 0 Å². The van der Waals surface area contributed by atoms with Gasteiger partial charge in [0.1, 0.15) is 0 Å². The Morgan fingerprint density at radius 1 is 1.47 bits per heavy atom. The third-order valence-electron chi connectivity index (χ3n) is 3.55. The predicted octanol–water partition coefficient (Wildman–Crippen LogP) is 1.17. The Balaban J connectivity index is 2.29. The highest BCUT2D eigenvalue weighted by atomic mass is 16.5. The van der Waals surface area contributed by atoms with Gasteiger partial charge in [0.05, 0.1) is 12.3 Å². The summed E-state index contributed by atoms with van der Waals surface area (Å²) < 4.78 is 5.10. The first-order valence-electron chi connectivity index (χ1n) is 6.43. The SMILES string of the molecule is CCN(CCOC)c1ccc2c(c1)N(C)C(=O)C2O. The minimum Gasteiger partial charge on any atom is -0.383 e. The Bertz CT molecular complexity index is 476. The molecule has 1 aromatic rings. The van der Waals surface area contributed by atoms with Crippen LogP contribution in [0.4, 0.5) is 11.4 Å². The van der Waals surface area contributed by atoms with Crippen molar-refractivity contribution in [1.29, 1.82) is 0 Å². The fourth-order valence-electron chi connectivity index (χ4n) is 2.36.